The van der Waals surface area contributed by atoms with Gasteiger partial charge in [-0.05, 0) is 19.8 Å². The Bertz CT molecular complexity index is 460. The molecule has 1 amide bonds. The normalized spacial score (nSPS) is 23.2. The fourth-order valence-electron chi connectivity index (χ4n) is 2.75. The Morgan fingerprint density at radius 1 is 1.52 bits per heavy atom. The van der Waals surface area contributed by atoms with Gasteiger partial charge in [0.15, 0.2) is 5.82 Å². The minimum absolute atomic E-state index is 0.00951. The number of carbonyl (C=O) groups is 1. The Kier molecular flexibility index (Phi) is 5.76. The summed E-state index contributed by atoms with van der Waals surface area (Å²) in [6, 6.07) is 2.79. The van der Waals surface area contributed by atoms with Gasteiger partial charge in [-0.25, -0.2) is 0 Å². The summed E-state index contributed by atoms with van der Waals surface area (Å²) in [5.74, 6) is 1.19. The van der Waals surface area contributed by atoms with Crippen molar-refractivity contribution in [2.45, 2.75) is 52.1 Å². The van der Waals surface area contributed by atoms with E-state index in [0.717, 1.165) is 32.5 Å². The molecule has 2 unspecified atom stereocenters. The van der Waals surface area contributed by atoms with Gasteiger partial charge < -0.3 is 15.2 Å². The Labute approximate surface area is 126 Å². The van der Waals surface area contributed by atoms with E-state index in [1.165, 1.54) is 0 Å². The maximum absolute atomic E-state index is 12.0. The minimum atomic E-state index is -0.00951. The largest absolute Gasteiger partial charge is 0.360 e. The van der Waals surface area contributed by atoms with Crippen molar-refractivity contribution >= 4 is 11.7 Å². The number of nitrogens with zero attached hydrogens (tertiary/aromatic N) is 2. The van der Waals surface area contributed by atoms with Crippen molar-refractivity contribution < 1.29 is 9.32 Å². The topological polar surface area (TPSA) is 70.4 Å². The summed E-state index contributed by atoms with van der Waals surface area (Å²) >= 11 is 0. The van der Waals surface area contributed by atoms with Crippen molar-refractivity contribution in [2.24, 2.45) is 0 Å². The predicted octanol–water partition coefficient (Wildman–Crippen LogP) is 1.77. The SMILES string of the molecule is CCC1CN(CCC(=O)Nc2cc(C)on2)C(CC)CN1. The van der Waals surface area contributed by atoms with Gasteiger partial charge in [0.05, 0.1) is 0 Å². The Balaban J connectivity index is 1.80. The number of hydrogen-bond donors (Lipinski definition) is 2. The van der Waals surface area contributed by atoms with Crippen LogP contribution in [0.25, 0.3) is 0 Å². The van der Waals surface area contributed by atoms with Gasteiger partial charge in [-0.15, -0.1) is 0 Å². The monoisotopic (exact) mass is 294 g/mol. The molecule has 0 aliphatic carbocycles. The molecule has 6 nitrogen and oxygen atoms in total. The van der Waals surface area contributed by atoms with Crippen LogP contribution in [0.1, 0.15) is 38.9 Å². The zero-order chi connectivity index (χ0) is 15.2. The van der Waals surface area contributed by atoms with Crippen LogP contribution in [-0.2, 0) is 4.79 Å². The van der Waals surface area contributed by atoms with Crippen molar-refractivity contribution in [3.63, 3.8) is 0 Å². The number of aromatic nitrogens is 1. The highest BCUT2D eigenvalue weighted by Crippen LogP contribution is 2.13. The van der Waals surface area contributed by atoms with E-state index in [1.54, 1.807) is 13.0 Å². The number of rotatable bonds is 6. The molecule has 2 heterocycles. The molecular weight excluding hydrogens is 268 g/mol. The average Bonchev–Trinajstić information content (AvgIpc) is 2.89. The molecule has 0 radical (unpaired) electrons. The second-order valence-corrected chi connectivity index (χ2v) is 5.69. The van der Waals surface area contributed by atoms with Crippen LogP contribution in [0.2, 0.25) is 0 Å². The molecule has 0 spiro atoms. The number of carbonyl (C=O) groups excluding carboxylic acids is 1. The summed E-state index contributed by atoms with van der Waals surface area (Å²) in [4.78, 5) is 14.4. The molecule has 2 N–H and O–H groups in total. The number of nitrogens with one attached hydrogen (secondary N) is 2. The van der Waals surface area contributed by atoms with E-state index in [9.17, 15) is 4.79 Å². The third-order valence-corrected chi connectivity index (χ3v) is 4.10. The van der Waals surface area contributed by atoms with Crippen LogP contribution in [0.4, 0.5) is 5.82 Å². The van der Waals surface area contributed by atoms with Crippen LogP contribution in [0.3, 0.4) is 0 Å². The zero-order valence-electron chi connectivity index (χ0n) is 13.2. The summed E-state index contributed by atoms with van der Waals surface area (Å²) in [7, 11) is 0. The van der Waals surface area contributed by atoms with E-state index in [-0.39, 0.29) is 5.91 Å². The summed E-state index contributed by atoms with van der Waals surface area (Å²) in [6.07, 6.45) is 2.71. The molecule has 1 aliphatic rings. The van der Waals surface area contributed by atoms with Gasteiger partial charge >= 0.3 is 0 Å². The molecule has 0 bridgehead atoms. The quantitative estimate of drug-likeness (QED) is 0.837. The van der Waals surface area contributed by atoms with Crippen LogP contribution >= 0.6 is 0 Å². The summed E-state index contributed by atoms with van der Waals surface area (Å²) in [6.45, 7) is 9.02. The molecule has 6 heteroatoms. The third kappa shape index (κ3) is 4.54. The molecular formula is C15H26N4O2. The number of piperazine rings is 1. The standard InChI is InChI=1S/C15H26N4O2/c1-4-12-10-19(13(5-2)9-16-12)7-6-15(20)17-14-8-11(3)21-18-14/h8,12-13,16H,4-7,9-10H2,1-3H3,(H,17,18,20). The minimum Gasteiger partial charge on any atom is -0.360 e. The maximum atomic E-state index is 12.0. The number of aryl methyl sites for hydroxylation is 1. The lowest BCUT2D eigenvalue weighted by Crippen LogP contribution is -2.56. The van der Waals surface area contributed by atoms with Crippen LogP contribution in [0, 0.1) is 6.92 Å². The average molecular weight is 294 g/mol. The van der Waals surface area contributed by atoms with Crippen molar-refractivity contribution in [1.82, 2.24) is 15.4 Å². The first-order chi connectivity index (χ1) is 10.1. The second-order valence-electron chi connectivity index (χ2n) is 5.69. The van der Waals surface area contributed by atoms with E-state index in [0.29, 0.717) is 30.1 Å². The van der Waals surface area contributed by atoms with Crippen molar-refractivity contribution in [3.8, 4) is 0 Å². The van der Waals surface area contributed by atoms with Crippen LogP contribution in [-0.4, -0.2) is 47.7 Å². The molecule has 1 fully saturated rings. The van der Waals surface area contributed by atoms with Gasteiger partial charge in [0, 0.05) is 44.2 Å². The van der Waals surface area contributed by atoms with Gasteiger partial charge in [-0.3, -0.25) is 9.69 Å². The molecule has 21 heavy (non-hydrogen) atoms. The van der Waals surface area contributed by atoms with Crippen LogP contribution in [0.15, 0.2) is 10.6 Å². The van der Waals surface area contributed by atoms with Gasteiger partial charge in [-0.2, -0.15) is 0 Å². The van der Waals surface area contributed by atoms with E-state index < -0.39 is 0 Å². The summed E-state index contributed by atoms with van der Waals surface area (Å²) in [5, 5.41) is 10.1. The predicted molar refractivity (Wildman–Crippen MR) is 82.2 cm³/mol. The Morgan fingerprint density at radius 3 is 2.95 bits per heavy atom. The van der Waals surface area contributed by atoms with E-state index in [2.05, 4.69) is 34.5 Å². The molecule has 2 atom stereocenters. The zero-order valence-corrected chi connectivity index (χ0v) is 13.2. The number of amides is 1. The van der Waals surface area contributed by atoms with Crippen LogP contribution in [0.5, 0.6) is 0 Å². The maximum Gasteiger partial charge on any atom is 0.226 e. The third-order valence-electron chi connectivity index (χ3n) is 4.10. The summed E-state index contributed by atoms with van der Waals surface area (Å²) in [5.41, 5.74) is 0. The lowest BCUT2D eigenvalue weighted by molar-refractivity contribution is -0.116. The lowest BCUT2D eigenvalue weighted by atomic mass is 10.0. The first kappa shape index (κ1) is 16.0. The van der Waals surface area contributed by atoms with Gasteiger partial charge in [0.2, 0.25) is 5.91 Å². The van der Waals surface area contributed by atoms with Gasteiger partial charge in [-0.1, -0.05) is 19.0 Å². The molecule has 0 saturated carbocycles. The van der Waals surface area contributed by atoms with Crippen molar-refractivity contribution in [1.29, 1.82) is 0 Å². The van der Waals surface area contributed by atoms with E-state index in [1.807, 2.05) is 0 Å². The van der Waals surface area contributed by atoms with Crippen molar-refractivity contribution in [3.05, 3.63) is 11.8 Å². The molecule has 1 aromatic heterocycles. The smallest absolute Gasteiger partial charge is 0.226 e. The second kappa shape index (κ2) is 7.56. The molecule has 1 aromatic rings. The fourth-order valence-corrected chi connectivity index (χ4v) is 2.75. The highest BCUT2D eigenvalue weighted by Gasteiger charge is 2.25. The fraction of sp³-hybridized carbons (Fsp3) is 0.733. The first-order valence-corrected chi connectivity index (χ1v) is 7.83. The summed E-state index contributed by atoms with van der Waals surface area (Å²) < 4.78 is 4.94. The highest BCUT2D eigenvalue weighted by atomic mass is 16.5. The lowest BCUT2D eigenvalue weighted by Gasteiger charge is -2.39. The number of anilines is 1. The van der Waals surface area contributed by atoms with Crippen molar-refractivity contribution in [2.75, 3.05) is 25.0 Å². The van der Waals surface area contributed by atoms with Gasteiger partial charge in [0.25, 0.3) is 0 Å². The molecule has 118 valence electrons. The van der Waals surface area contributed by atoms with E-state index in [4.69, 9.17) is 4.52 Å². The molecule has 1 aliphatic heterocycles. The molecule has 2 rings (SSSR count). The number of hydrogen-bond acceptors (Lipinski definition) is 5. The molecule has 1 saturated heterocycles. The first-order valence-electron chi connectivity index (χ1n) is 7.83. The van der Waals surface area contributed by atoms with Crippen LogP contribution < -0.4 is 10.6 Å². The Morgan fingerprint density at radius 2 is 2.33 bits per heavy atom. The molecule has 0 aromatic carbocycles. The van der Waals surface area contributed by atoms with E-state index >= 15 is 0 Å². The van der Waals surface area contributed by atoms with Gasteiger partial charge in [0.1, 0.15) is 5.76 Å². The Hall–Kier alpha value is -1.40. The highest BCUT2D eigenvalue weighted by molar-refractivity contribution is 5.89.